The number of urea groups is 1. The molecular formula is C26H16Br2F3N3O6. The van der Waals surface area contributed by atoms with Crippen molar-refractivity contribution in [2.24, 2.45) is 0 Å². The molecule has 4 rings (SSSR count). The van der Waals surface area contributed by atoms with E-state index < -0.39 is 45.9 Å². The molecule has 0 unspecified atom stereocenters. The summed E-state index contributed by atoms with van der Waals surface area (Å²) in [7, 11) is 0. The third-order valence-corrected chi connectivity index (χ3v) is 7.06. The molecule has 0 aliphatic carbocycles. The minimum Gasteiger partial charge on any atom is -0.448 e. The predicted octanol–water partition coefficient (Wildman–Crippen LogP) is 7.21. The molecule has 1 fully saturated rings. The number of carbonyl (C=O) groups is 3. The molecule has 9 nitrogen and oxygen atoms in total. The normalized spacial score (nSPS) is 14.9. The Hall–Kier alpha value is -4.04. The number of hydrogen-bond acceptors (Lipinski definition) is 6. The molecule has 1 N–H and O–H groups in total. The van der Waals surface area contributed by atoms with Crippen molar-refractivity contribution < 1.29 is 37.2 Å². The van der Waals surface area contributed by atoms with Gasteiger partial charge in [0.2, 0.25) is 5.75 Å². The van der Waals surface area contributed by atoms with Crippen LogP contribution < -0.4 is 15.0 Å². The second kappa shape index (κ2) is 10.8. The Morgan fingerprint density at radius 3 is 2.20 bits per heavy atom. The van der Waals surface area contributed by atoms with E-state index in [1.54, 1.807) is 18.2 Å². The fourth-order valence-corrected chi connectivity index (χ4v) is 5.10. The number of nitrogens with zero attached hydrogens (tertiary/aromatic N) is 2. The van der Waals surface area contributed by atoms with Crippen LogP contribution in [0.15, 0.2) is 63.0 Å². The van der Waals surface area contributed by atoms with Crippen molar-refractivity contribution in [1.82, 2.24) is 5.32 Å². The summed E-state index contributed by atoms with van der Waals surface area (Å²) in [5.74, 6) is -2.24. The average molecular weight is 683 g/mol. The highest BCUT2D eigenvalue weighted by Gasteiger charge is 2.37. The van der Waals surface area contributed by atoms with E-state index in [0.29, 0.717) is 17.7 Å². The number of aryl methyl sites for hydroxylation is 2. The van der Waals surface area contributed by atoms with Crippen LogP contribution in [-0.4, -0.2) is 22.8 Å². The van der Waals surface area contributed by atoms with Gasteiger partial charge in [0.05, 0.1) is 25.1 Å². The number of amides is 4. The Labute approximate surface area is 241 Å². The summed E-state index contributed by atoms with van der Waals surface area (Å²) in [5, 5.41) is 13.5. The first-order chi connectivity index (χ1) is 18.7. The summed E-state index contributed by atoms with van der Waals surface area (Å²) in [6.45, 7) is 3.68. The standard InChI is InChI=1S/C26H16Br2F3N3O6/c1-12-3-5-16(7-13(12)2)33-24(36)17(23(35)32-25(33)37)8-14-9-18(27)22(19(28)10-14)40-21-6-4-15(26(29,30)31)11-20(21)34(38)39/h3-11H,1-2H3,(H,32,35,37)/b17-8+. The van der Waals surface area contributed by atoms with Gasteiger partial charge in [-0.1, -0.05) is 6.07 Å². The van der Waals surface area contributed by atoms with Crippen molar-refractivity contribution in [3.63, 3.8) is 0 Å². The first-order valence-electron chi connectivity index (χ1n) is 11.2. The maximum Gasteiger partial charge on any atom is 0.416 e. The molecule has 1 saturated heterocycles. The number of halogens is 5. The van der Waals surface area contributed by atoms with Gasteiger partial charge in [0, 0.05) is 6.07 Å². The molecule has 1 aliphatic rings. The second-order valence-electron chi connectivity index (χ2n) is 8.58. The van der Waals surface area contributed by atoms with Crippen LogP contribution in [0.5, 0.6) is 11.5 Å². The number of nitro groups is 1. The van der Waals surface area contributed by atoms with Crippen molar-refractivity contribution in [2.45, 2.75) is 20.0 Å². The smallest absolute Gasteiger partial charge is 0.416 e. The van der Waals surface area contributed by atoms with E-state index in [0.717, 1.165) is 22.1 Å². The van der Waals surface area contributed by atoms with E-state index in [4.69, 9.17) is 4.74 Å². The first-order valence-corrected chi connectivity index (χ1v) is 12.8. The summed E-state index contributed by atoms with van der Waals surface area (Å²) in [6.07, 6.45) is -3.56. The molecule has 3 aromatic rings. The van der Waals surface area contributed by atoms with Crippen LogP contribution in [0.1, 0.15) is 22.3 Å². The summed E-state index contributed by atoms with van der Waals surface area (Å²) in [6, 6.07) is 8.73. The maximum absolute atomic E-state index is 13.2. The number of hydrogen-bond donors (Lipinski definition) is 1. The summed E-state index contributed by atoms with van der Waals surface area (Å²) >= 11 is 6.49. The van der Waals surface area contributed by atoms with Gasteiger partial charge in [-0.3, -0.25) is 25.0 Å². The number of alkyl halides is 3. The van der Waals surface area contributed by atoms with Crippen LogP contribution in [0.25, 0.3) is 6.08 Å². The number of nitrogens with one attached hydrogen (secondary N) is 1. The van der Waals surface area contributed by atoms with E-state index in [-0.39, 0.29) is 26.0 Å². The van der Waals surface area contributed by atoms with Crippen LogP contribution in [-0.2, 0) is 15.8 Å². The fraction of sp³-hybridized carbons (Fsp3) is 0.115. The minimum absolute atomic E-state index is 0.0173. The Balaban J connectivity index is 1.69. The third-order valence-electron chi connectivity index (χ3n) is 5.88. The van der Waals surface area contributed by atoms with Crippen LogP contribution in [0.2, 0.25) is 0 Å². The topological polar surface area (TPSA) is 119 Å². The molecule has 0 aromatic heterocycles. The predicted molar refractivity (Wildman–Crippen MR) is 145 cm³/mol. The third kappa shape index (κ3) is 5.77. The lowest BCUT2D eigenvalue weighted by Gasteiger charge is -2.27. The monoisotopic (exact) mass is 681 g/mol. The Bertz CT molecular complexity index is 1620. The van der Waals surface area contributed by atoms with E-state index >= 15 is 0 Å². The van der Waals surface area contributed by atoms with E-state index in [1.165, 1.54) is 18.2 Å². The first kappa shape index (κ1) is 29.0. The highest BCUT2D eigenvalue weighted by Crippen LogP contribution is 2.43. The number of rotatable bonds is 5. The number of anilines is 1. The van der Waals surface area contributed by atoms with Gasteiger partial charge in [-0.25, -0.2) is 9.69 Å². The Morgan fingerprint density at radius 2 is 1.62 bits per heavy atom. The summed E-state index contributed by atoms with van der Waals surface area (Å²) < 4.78 is 45.0. The van der Waals surface area contributed by atoms with Crippen LogP contribution >= 0.6 is 31.9 Å². The summed E-state index contributed by atoms with van der Waals surface area (Å²) in [5.41, 5.74) is -0.120. The molecule has 1 aliphatic heterocycles. The summed E-state index contributed by atoms with van der Waals surface area (Å²) in [4.78, 5) is 49.5. The highest BCUT2D eigenvalue weighted by atomic mass is 79.9. The molecule has 40 heavy (non-hydrogen) atoms. The molecular weight excluding hydrogens is 667 g/mol. The van der Waals surface area contributed by atoms with E-state index in [9.17, 15) is 37.7 Å². The molecule has 0 radical (unpaired) electrons. The van der Waals surface area contributed by atoms with Crippen LogP contribution in [0, 0.1) is 24.0 Å². The Morgan fingerprint density at radius 1 is 0.975 bits per heavy atom. The molecule has 0 saturated carbocycles. The molecule has 0 atom stereocenters. The van der Waals surface area contributed by atoms with Crippen molar-refractivity contribution in [1.29, 1.82) is 0 Å². The van der Waals surface area contributed by atoms with Crippen LogP contribution in [0.4, 0.5) is 29.3 Å². The average Bonchev–Trinajstić information content (AvgIpc) is 2.85. The number of barbiturate groups is 1. The lowest BCUT2D eigenvalue weighted by atomic mass is 10.0. The zero-order valence-corrected chi connectivity index (χ0v) is 23.6. The van der Waals surface area contributed by atoms with Gasteiger partial charge in [0.1, 0.15) is 5.57 Å². The SMILES string of the molecule is Cc1ccc(N2C(=O)NC(=O)/C(=C\c3cc(Br)c(Oc4ccc(C(F)(F)F)cc4[N+](=O)[O-])c(Br)c3)C2=O)cc1C. The quantitative estimate of drug-likeness (QED) is 0.131. The minimum atomic E-state index is -4.79. The number of nitro benzene ring substituents is 1. The molecule has 0 spiro atoms. The molecule has 4 amide bonds. The molecule has 0 bridgehead atoms. The molecule has 14 heteroatoms. The highest BCUT2D eigenvalue weighted by molar-refractivity contribution is 9.11. The van der Waals surface area contributed by atoms with Crippen molar-refractivity contribution in [3.05, 3.63) is 95.4 Å². The second-order valence-corrected chi connectivity index (χ2v) is 10.3. The van der Waals surface area contributed by atoms with E-state index in [2.05, 4.69) is 37.2 Å². The van der Waals surface area contributed by atoms with Gasteiger partial charge in [-0.05, 0) is 105 Å². The van der Waals surface area contributed by atoms with Crippen molar-refractivity contribution >= 4 is 67.2 Å². The number of benzene rings is 3. The largest absolute Gasteiger partial charge is 0.448 e. The molecule has 1 heterocycles. The molecule has 3 aromatic carbocycles. The van der Waals surface area contributed by atoms with Crippen molar-refractivity contribution in [2.75, 3.05) is 4.90 Å². The lowest BCUT2D eigenvalue weighted by Crippen LogP contribution is -2.54. The lowest BCUT2D eigenvalue weighted by molar-refractivity contribution is -0.385. The van der Waals surface area contributed by atoms with Gasteiger partial charge >= 0.3 is 17.9 Å². The van der Waals surface area contributed by atoms with Crippen molar-refractivity contribution in [3.8, 4) is 11.5 Å². The fourth-order valence-electron chi connectivity index (χ4n) is 3.72. The van der Waals surface area contributed by atoms with E-state index in [1.807, 2.05) is 13.8 Å². The molecule has 206 valence electrons. The van der Waals surface area contributed by atoms with Gasteiger partial charge in [0.25, 0.3) is 11.8 Å². The maximum atomic E-state index is 13.2. The zero-order valence-electron chi connectivity index (χ0n) is 20.4. The van der Waals surface area contributed by atoms with Gasteiger partial charge in [0.15, 0.2) is 5.75 Å². The van der Waals surface area contributed by atoms with Gasteiger partial charge in [-0.15, -0.1) is 0 Å². The number of carbonyl (C=O) groups excluding carboxylic acids is 3. The van der Waals surface area contributed by atoms with Crippen LogP contribution in [0.3, 0.4) is 0 Å². The zero-order chi connectivity index (χ0) is 29.5. The number of imide groups is 2. The van der Waals surface area contributed by atoms with Gasteiger partial charge < -0.3 is 4.74 Å². The number of ether oxygens (including phenoxy) is 1. The Kier molecular flexibility index (Phi) is 7.85. The van der Waals surface area contributed by atoms with Gasteiger partial charge in [-0.2, -0.15) is 13.2 Å².